The minimum Gasteiger partial charge on any atom is -0.507 e. The lowest BCUT2D eigenvalue weighted by molar-refractivity contribution is 0.276. The second kappa shape index (κ2) is 3.18. The topological polar surface area (TPSA) is 40.5 Å². The van der Waals surface area contributed by atoms with E-state index in [4.69, 9.17) is 16.7 Å². The average Bonchev–Trinajstić information content (AvgIpc) is 2.53. The first kappa shape index (κ1) is 8.81. The number of halogens is 1. The van der Waals surface area contributed by atoms with E-state index in [0.29, 0.717) is 10.6 Å². The highest BCUT2D eigenvalue weighted by atomic mass is 35.5. The van der Waals surface area contributed by atoms with Crippen LogP contribution in [0.4, 0.5) is 0 Å². The molecule has 0 radical (unpaired) electrons. The SMILES string of the molecule is OCc1c(O)cc2sccc2c1Cl. The van der Waals surface area contributed by atoms with Gasteiger partial charge in [-0.2, -0.15) is 0 Å². The van der Waals surface area contributed by atoms with Crippen molar-refractivity contribution in [2.24, 2.45) is 0 Å². The fourth-order valence-corrected chi connectivity index (χ4v) is 2.46. The van der Waals surface area contributed by atoms with Crippen LogP contribution < -0.4 is 0 Å². The molecule has 0 fully saturated rings. The summed E-state index contributed by atoms with van der Waals surface area (Å²) >= 11 is 7.48. The number of benzene rings is 1. The van der Waals surface area contributed by atoms with Crippen molar-refractivity contribution in [3.05, 3.63) is 28.1 Å². The van der Waals surface area contributed by atoms with E-state index in [1.807, 2.05) is 11.4 Å². The maximum atomic E-state index is 9.47. The fraction of sp³-hybridized carbons (Fsp3) is 0.111. The Bertz CT molecular complexity index is 450. The van der Waals surface area contributed by atoms with Gasteiger partial charge >= 0.3 is 0 Å². The van der Waals surface area contributed by atoms with Crippen molar-refractivity contribution >= 4 is 33.0 Å². The molecule has 2 N–H and O–H groups in total. The van der Waals surface area contributed by atoms with Crippen LogP contribution in [0, 0.1) is 0 Å². The molecule has 2 aromatic rings. The molecule has 2 rings (SSSR count). The summed E-state index contributed by atoms with van der Waals surface area (Å²) < 4.78 is 0.930. The Morgan fingerprint density at radius 2 is 2.23 bits per heavy atom. The molecule has 13 heavy (non-hydrogen) atoms. The van der Waals surface area contributed by atoms with Gasteiger partial charge in [-0.3, -0.25) is 0 Å². The fourth-order valence-electron chi connectivity index (χ4n) is 1.25. The molecule has 1 aromatic heterocycles. The standard InChI is InChI=1S/C9H7ClO2S/c10-9-5-1-2-13-8(5)3-7(12)6(9)4-11/h1-3,11-12H,4H2. The van der Waals surface area contributed by atoms with Gasteiger partial charge in [-0.15, -0.1) is 11.3 Å². The normalized spacial score (nSPS) is 10.9. The summed E-state index contributed by atoms with van der Waals surface area (Å²) in [6, 6.07) is 3.50. The van der Waals surface area contributed by atoms with E-state index in [1.165, 1.54) is 11.3 Å². The second-order valence-electron chi connectivity index (χ2n) is 2.68. The Labute approximate surface area is 84.0 Å². The molecule has 0 unspecified atom stereocenters. The molecule has 0 aliphatic rings. The zero-order chi connectivity index (χ0) is 9.42. The Hall–Kier alpha value is -0.770. The summed E-state index contributed by atoms with van der Waals surface area (Å²) in [4.78, 5) is 0. The number of aliphatic hydroxyl groups excluding tert-OH is 1. The Morgan fingerprint density at radius 1 is 1.46 bits per heavy atom. The number of thiophene rings is 1. The molecule has 0 spiro atoms. The quantitative estimate of drug-likeness (QED) is 0.767. The van der Waals surface area contributed by atoms with Crippen molar-refractivity contribution < 1.29 is 10.2 Å². The van der Waals surface area contributed by atoms with Gasteiger partial charge in [0.05, 0.1) is 11.6 Å². The minimum atomic E-state index is -0.240. The van der Waals surface area contributed by atoms with Crippen molar-refractivity contribution in [1.82, 2.24) is 0 Å². The molecule has 0 aliphatic heterocycles. The van der Waals surface area contributed by atoms with E-state index in [9.17, 15) is 5.11 Å². The third-order valence-corrected chi connectivity index (χ3v) is 3.23. The summed E-state index contributed by atoms with van der Waals surface area (Å²) in [5, 5.41) is 21.7. The molecule has 68 valence electrons. The Balaban J connectivity index is 2.85. The lowest BCUT2D eigenvalue weighted by Gasteiger charge is -2.04. The number of rotatable bonds is 1. The van der Waals surface area contributed by atoms with Crippen LogP contribution in [-0.4, -0.2) is 10.2 Å². The number of fused-ring (bicyclic) bond motifs is 1. The van der Waals surface area contributed by atoms with Crippen LogP contribution in [0.3, 0.4) is 0 Å². The van der Waals surface area contributed by atoms with E-state index in [1.54, 1.807) is 6.07 Å². The number of hydrogen-bond donors (Lipinski definition) is 2. The van der Waals surface area contributed by atoms with Crippen LogP contribution in [0.1, 0.15) is 5.56 Å². The average molecular weight is 215 g/mol. The third-order valence-electron chi connectivity index (χ3n) is 1.93. The molecule has 1 aromatic carbocycles. The van der Waals surface area contributed by atoms with Crippen LogP contribution >= 0.6 is 22.9 Å². The van der Waals surface area contributed by atoms with E-state index < -0.39 is 0 Å². The predicted molar refractivity (Wildman–Crippen MR) is 54.4 cm³/mol. The molecule has 0 saturated carbocycles. The first-order valence-electron chi connectivity index (χ1n) is 3.72. The van der Waals surface area contributed by atoms with Gasteiger partial charge in [-0.25, -0.2) is 0 Å². The first-order chi connectivity index (χ1) is 6.24. The molecule has 0 atom stereocenters. The lowest BCUT2D eigenvalue weighted by atomic mass is 10.1. The largest absolute Gasteiger partial charge is 0.507 e. The first-order valence-corrected chi connectivity index (χ1v) is 4.98. The highest BCUT2D eigenvalue weighted by molar-refractivity contribution is 7.17. The summed E-state index contributed by atoms with van der Waals surface area (Å²) in [6.45, 7) is -0.240. The van der Waals surface area contributed by atoms with E-state index in [0.717, 1.165) is 10.1 Å². The van der Waals surface area contributed by atoms with Crippen LogP contribution in [0.25, 0.3) is 10.1 Å². The Morgan fingerprint density at radius 3 is 2.92 bits per heavy atom. The van der Waals surface area contributed by atoms with E-state index >= 15 is 0 Å². The van der Waals surface area contributed by atoms with Gasteiger partial charge in [0.15, 0.2) is 0 Å². The van der Waals surface area contributed by atoms with Gasteiger partial charge in [0.1, 0.15) is 5.75 Å². The second-order valence-corrected chi connectivity index (χ2v) is 4.00. The number of aliphatic hydroxyl groups is 1. The molecule has 0 saturated heterocycles. The van der Waals surface area contributed by atoms with Crippen molar-refractivity contribution in [3.8, 4) is 5.75 Å². The lowest BCUT2D eigenvalue weighted by Crippen LogP contribution is -1.85. The Kier molecular flexibility index (Phi) is 2.15. The van der Waals surface area contributed by atoms with Gasteiger partial charge in [0.25, 0.3) is 0 Å². The highest BCUT2D eigenvalue weighted by Crippen LogP contribution is 2.36. The van der Waals surface area contributed by atoms with Crippen molar-refractivity contribution in [2.75, 3.05) is 0 Å². The zero-order valence-corrected chi connectivity index (χ0v) is 8.19. The molecular formula is C9H7ClO2S. The van der Waals surface area contributed by atoms with Gasteiger partial charge < -0.3 is 10.2 Å². The molecule has 4 heteroatoms. The maximum absolute atomic E-state index is 9.47. The van der Waals surface area contributed by atoms with E-state index in [-0.39, 0.29) is 12.4 Å². The maximum Gasteiger partial charge on any atom is 0.124 e. The van der Waals surface area contributed by atoms with Crippen LogP contribution in [0.5, 0.6) is 5.75 Å². The van der Waals surface area contributed by atoms with Crippen LogP contribution in [-0.2, 0) is 6.61 Å². The molecule has 0 bridgehead atoms. The third kappa shape index (κ3) is 1.29. The molecule has 1 heterocycles. The predicted octanol–water partition coefficient (Wildman–Crippen LogP) is 2.75. The molecule has 0 amide bonds. The molecule has 0 aliphatic carbocycles. The van der Waals surface area contributed by atoms with Crippen LogP contribution in [0.2, 0.25) is 5.02 Å². The van der Waals surface area contributed by atoms with Crippen molar-refractivity contribution in [2.45, 2.75) is 6.61 Å². The number of hydrogen-bond acceptors (Lipinski definition) is 3. The monoisotopic (exact) mass is 214 g/mol. The van der Waals surface area contributed by atoms with Crippen molar-refractivity contribution in [3.63, 3.8) is 0 Å². The summed E-state index contributed by atoms with van der Waals surface area (Å²) in [6.07, 6.45) is 0. The van der Waals surface area contributed by atoms with Crippen LogP contribution in [0.15, 0.2) is 17.5 Å². The van der Waals surface area contributed by atoms with Crippen molar-refractivity contribution in [1.29, 1.82) is 0 Å². The molecular weight excluding hydrogens is 208 g/mol. The summed E-state index contributed by atoms with van der Waals surface area (Å²) in [5.41, 5.74) is 0.396. The number of phenols is 1. The smallest absolute Gasteiger partial charge is 0.124 e. The number of aromatic hydroxyl groups is 1. The molecule has 2 nitrogen and oxygen atoms in total. The van der Waals surface area contributed by atoms with Gasteiger partial charge in [-0.05, 0) is 17.5 Å². The zero-order valence-electron chi connectivity index (χ0n) is 6.62. The van der Waals surface area contributed by atoms with Gasteiger partial charge in [0.2, 0.25) is 0 Å². The summed E-state index contributed by atoms with van der Waals surface area (Å²) in [5.74, 6) is 0.0578. The highest BCUT2D eigenvalue weighted by Gasteiger charge is 2.10. The van der Waals surface area contributed by atoms with E-state index in [2.05, 4.69) is 0 Å². The van der Waals surface area contributed by atoms with Gasteiger partial charge in [-0.1, -0.05) is 11.6 Å². The summed E-state index contributed by atoms with van der Waals surface area (Å²) in [7, 11) is 0. The van der Waals surface area contributed by atoms with Gasteiger partial charge in [0, 0.05) is 15.6 Å². The minimum absolute atomic E-state index is 0.0578.